The smallest absolute Gasteiger partial charge is 0.229 e. The Labute approximate surface area is 142 Å². The Bertz CT molecular complexity index is 900. The molecule has 7 nitrogen and oxygen atoms in total. The molecule has 1 aliphatic heterocycles. The van der Waals surface area contributed by atoms with E-state index in [4.69, 9.17) is 9.72 Å². The molecule has 1 aliphatic carbocycles. The van der Waals surface area contributed by atoms with Crippen molar-refractivity contribution in [3.05, 3.63) is 34.7 Å². The summed E-state index contributed by atoms with van der Waals surface area (Å²) in [5.41, 5.74) is 4.01. The summed E-state index contributed by atoms with van der Waals surface area (Å²) in [4.78, 5) is 14.7. The maximum atomic E-state index is 5.88. The van der Waals surface area contributed by atoms with Gasteiger partial charge in [0.25, 0.3) is 0 Å². The van der Waals surface area contributed by atoms with Gasteiger partial charge in [0.05, 0.1) is 35.2 Å². The number of anilines is 2. The zero-order valence-electron chi connectivity index (χ0n) is 13.1. The van der Waals surface area contributed by atoms with Crippen LogP contribution >= 0.6 is 11.3 Å². The fourth-order valence-electron chi connectivity index (χ4n) is 2.93. The zero-order chi connectivity index (χ0) is 16.1. The van der Waals surface area contributed by atoms with Gasteiger partial charge in [0.1, 0.15) is 0 Å². The minimum Gasteiger partial charge on any atom is -0.367 e. The van der Waals surface area contributed by atoms with Crippen LogP contribution in [0.25, 0.3) is 11.3 Å². The Morgan fingerprint density at radius 2 is 2.25 bits per heavy atom. The van der Waals surface area contributed by atoms with Crippen molar-refractivity contribution < 1.29 is 4.74 Å². The van der Waals surface area contributed by atoms with Gasteiger partial charge in [-0.1, -0.05) is 11.3 Å². The highest BCUT2D eigenvalue weighted by Crippen LogP contribution is 2.40. The number of fused-ring (bicyclic) bond motifs is 3. The third-order valence-corrected chi connectivity index (χ3v) is 5.33. The standard InChI is InChI=1S/C16H16N6OS/c1-8-13-10(6-18-22-13)14-12(7-23-8)24-16(20-14)21-15-17-5-4-11(19-15)9-2-3-9/h4-6,8-9H,2-3,7H2,1H3,(H,18,22)(H,17,19,20,21). The van der Waals surface area contributed by atoms with Crippen LogP contribution < -0.4 is 5.32 Å². The second-order valence-electron chi connectivity index (χ2n) is 6.15. The van der Waals surface area contributed by atoms with E-state index in [-0.39, 0.29) is 6.10 Å². The lowest BCUT2D eigenvalue weighted by atomic mass is 10.1. The topological polar surface area (TPSA) is 88.6 Å². The summed E-state index contributed by atoms with van der Waals surface area (Å²) in [5, 5.41) is 11.2. The lowest BCUT2D eigenvalue weighted by molar-refractivity contribution is 0.0537. The lowest BCUT2D eigenvalue weighted by Crippen LogP contribution is -1.99. The van der Waals surface area contributed by atoms with Crippen LogP contribution in [-0.2, 0) is 11.3 Å². The number of nitrogens with zero attached hydrogens (tertiary/aromatic N) is 4. The van der Waals surface area contributed by atoms with Crippen molar-refractivity contribution >= 4 is 22.4 Å². The van der Waals surface area contributed by atoms with Crippen LogP contribution in [0.1, 0.15) is 48.1 Å². The van der Waals surface area contributed by atoms with Crippen LogP contribution in [0.4, 0.5) is 11.1 Å². The minimum absolute atomic E-state index is 0.0149. The molecule has 0 bridgehead atoms. The molecule has 1 fully saturated rings. The van der Waals surface area contributed by atoms with E-state index in [1.807, 2.05) is 19.2 Å². The Balaban J connectivity index is 1.48. The predicted octanol–water partition coefficient (Wildman–Crippen LogP) is 3.54. The second kappa shape index (κ2) is 5.35. The van der Waals surface area contributed by atoms with Gasteiger partial charge in [0, 0.05) is 23.4 Å². The predicted molar refractivity (Wildman–Crippen MR) is 90.2 cm³/mol. The van der Waals surface area contributed by atoms with E-state index in [2.05, 4.69) is 25.5 Å². The minimum atomic E-state index is -0.0149. The summed E-state index contributed by atoms with van der Waals surface area (Å²) in [7, 11) is 0. The van der Waals surface area contributed by atoms with Crippen molar-refractivity contribution in [2.45, 2.75) is 38.4 Å². The summed E-state index contributed by atoms with van der Waals surface area (Å²) in [6, 6.07) is 1.99. The van der Waals surface area contributed by atoms with Crippen LogP contribution in [0.2, 0.25) is 0 Å². The van der Waals surface area contributed by atoms with E-state index in [9.17, 15) is 0 Å². The summed E-state index contributed by atoms with van der Waals surface area (Å²) in [6.07, 6.45) is 6.05. The number of aromatic amines is 1. The van der Waals surface area contributed by atoms with Crippen molar-refractivity contribution in [2.75, 3.05) is 5.32 Å². The average molecular weight is 340 g/mol. The Kier molecular flexibility index (Phi) is 3.14. The molecule has 122 valence electrons. The van der Waals surface area contributed by atoms with Gasteiger partial charge in [-0.3, -0.25) is 5.10 Å². The van der Waals surface area contributed by atoms with E-state index in [0.717, 1.165) is 32.7 Å². The van der Waals surface area contributed by atoms with Crippen LogP contribution in [0.3, 0.4) is 0 Å². The molecule has 0 amide bonds. The molecule has 8 heteroatoms. The first-order valence-corrected chi connectivity index (χ1v) is 8.84. The van der Waals surface area contributed by atoms with Gasteiger partial charge in [-0.25, -0.2) is 15.0 Å². The number of hydrogen-bond acceptors (Lipinski definition) is 7. The summed E-state index contributed by atoms with van der Waals surface area (Å²) in [5.74, 6) is 1.20. The first-order chi connectivity index (χ1) is 11.8. The maximum Gasteiger partial charge on any atom is 0.229 e. The molecule has 24 heavy (non-hydrogen) atoms. The van der Waals surface area contributed by atoms with Gasteiger partial charge in [0.15, 0.2) is 5.13 Å². The fraction of sp³-hybridized carbons (Fsp3) is 0.375. The molecule has 0 saturated heterocycles. The highest BCUT2D eigenvalue weighted by Gasteiger charge is 2.27. The van der Waals surface area contributed by atoms with Crippen molar-refractivity contribution in [1.29, 1.82) is 0 Å². The molecule has 0 spiro atoms. The SMILES string of the molecule is CC1OCc2sc(Nc3nccc(C4CC4)n3)nc2-c2cn[nH]c21. The van der Waals surface area contributed by atoms with Gasteiger partial charge in [-0.05, 0) is 25.8 Å². The molecule has 1 unspecified atom stereocenters. The normalized spacial score (nSPS) is 19.5. The molecule has 3 aromatic rings. The van der Waals surface area contributed by atoms with Crippen LogP contribution in [-0.4, -0.2) is 25.1 Å². The fourth-order valence-corrected chi connectivity index (χ4v) is 3.82. The second-order valence-corrected chi connectivity index (χ2v) is 7.23. The Morgan fingerprint density at radius 3 is 3.12 bits per heavy atom. The molecule has 2 aliphatic rings. The Hall–Kier alpha value is -2.32. The first-order valence-electron chi connectivity index (χ1n) is 8.03. The van der Waals surface area contributed by atoms with Gasteiger partial charge >= 0.3 is 0 Å². The largest absolute Gasteiger partial charge is 0.367 e. The number of hydrogen-bond donors (Lipinski definition) is 2. The number of nitrogens with one attached hydrogen (secondary N) is 2. The molecular weight excluding hydrogens is 324 g/mol. The summed E-state index contributed by atoms with van der Waals surface area (Å²) >= 11 is 1.57. The average Bonchev–Trinajstić information content (AvgIpc) is 3.22. The van der Waals surface area contributed by atoms with Gasteiger partial charge in [-0.15, -0.1) is 0 Å². The number of H-pyrrole nitrogens is 1. The maximum absolute atomic E-state index is 5.88. The van der Waals surface area contributed by atoms with E-state index < -0.39 is 0 Å². The number of ether oxygens (including phenoxy) is 1. The molecule has 1 saturated carbocycles. The molecule has 3 aromatic heterocycles. The van der Waals surface area contributed by atoms with E-state index in [1.54, 1.807) is 17.5 Å². The third kappa shape index (κ3) is 2.38. The van der Waals surface area contributed by atoms with Crippen LogP contribution in [0.15, 0.2) is 18.5 Å². The number of rotatable bonds is 3. The van der Waals surface area contributed by atoms with Crippen molar-refractivity contribution in [3.63, 3.8) is 0 Å². The van der Waals surface area contributed by atoms with Gasteiger partial charge < -0.3 is 10.1 Å². The highest BCUT2D eigenvalue weighted by atomic mass is 32.1. The summed E-state index contributed by atoms with van der Waals surface area (Å²) in [6.45, 7) is 2.56. The van der Waals surface area contributed by atoms with Crippen molar-refractivity contribution in [2.24, 2.45) is 0 Å². The number of aromatic nitrogens is 5. The van der Waals surface area contributed by atoms with Crippen LogP contribution in [0, 0.1) is 0 Å². The monoisotopic (exact) mass is 340 g/mol. The Morgan fingerprint density at radius 1 is 1.33 bits per heavy atom. The van der Waals surface area contributed by atoms with Gasteiger partial charge in [-0.2, -0.15) is 5.10 Å². The third-order valence-electron chi connectivity index (χ3n) is 4.38. The van der Waals surface area contributed by atoms with Crippen LogP contribution in [0.5, 0.6) is 0 Å². The van der Waals surface area contributed by atoms with E-state index >= 15 is 0 Å². The molecule has 0 radical (unpaired) electrons. The van der Waals surface area contributed by atoms with E-state index in [1.165, 1.54) is 12.8 Å². The number of thiazole rings is 1. The molecule has 1 atom stereocenters. The van der Waals surface area contributed by atoms with Crippen molar-refractivity contribution in [1.82, 2.24) is 25.1 Å². The highest BCUT2D eigenvalue weighted by molar-refractivity contribution is 7.16. The molecule has 0 aromatic carbocycles. The zero-order valence-corrected chi connectivity index (χ0v) is 13.9. The molecule has 5 rings (SSSR count). The molecule has 4 heterocycles. The molecule has 2 N–H and O–H groups in total. The quantitative estimate of drug-likeness (QED) is 0.758. The van der Waals surface area contributed by atoms with E-state index in [0.29, 0.717) is 18.5 Å². The summed E-state index contributed by atoms with van der Waals surface area (Å²) < 4.78 is 5.88. The molecular formula is C16H16N6OS. The van der Waals surface area contributed by atoms with Gasteiger partial charge in [0.2, 0.25) is 5.95 Å². The van der Waals surface area contributed by atoms with Crippen molar-refractivity contribution in [3.8, 4) is 11.3 Å². The first kappa shape index (κ1) is 14.1. The lowest BCUT2D eigenvalue weighted by Gasteiger charge is -2.08.